The number of Topliss-reactive ketones (excluding diaryl/α,β-unsaturated/α-hetero) is 1. The van der Waals surface area contributed by atoms with Crippen molar-refractivity contribution in [3.05, 3.63) is 33.8 Å². The Morgan fingerprint density at radius 1 is 1.22 bits per heavy atom. The van der Waals surface area contributed by atoms with Crippen molar-refractivity contribution < 1.29 is 14.3 Å². The molecule has 0 aliphatic heterocycles. The van der Waals surface area contributed by atoms with E-state index in [0.29, 0.717) is 10.6 Å². The number of carbonyl (C=O) groups excluding carboxylic acids is 2. The maximum Gasteiger partial charge on any atom is 0.319 e. The first-order valence-corrected chi connectivity index (χ1v) is 6.23. The summed E-state index contributed by atoms with van der Waals surface area (Å²) in [6.45, 7) is 4.97. The smallest absolute Gasteiger partial charge is 0.319 e. The molecule has 0 unspecified atom stereocenters. The molecule has 0 atom stereocenters. The van der Waals surface area contributed by atoms with Crippen LogP contribution in [-0.2, 0) is 9.53 Å². The van der Waals surface area contributed by atoms with Gasteiger partial charge in [0.05, 0.1) is 16.7 Å². The molecule has 0 saturated carbocycles. The molecule has 0 saturated heterocycles. The minimum atomic E-state index is -1.24. The van der Waals surface area contributed by atoms with Gasteiger partial charge in [0.25, 0.3) is 0 Å². The van der Waals surface area contributed by atoms with E-state index in [1.165, 1.54) is 32.0 Å². The fraction of sp³-hybridized carbons (Fsp3) is 0.385. The lowest BCUT2D eigenvalue weighted by molar-refractivity contribution is -0.150. The monoisotopic (exact) mass is 288 g/mol. The second-order valence-electron chi connectivity index (χ2n) is 4.30. The van der Waals surface area contributed by atoms with Crippen LogP contribution in [-0.4, -0.2) is 18.4 Å². The van der Waals surface area contributed by atoms with Crippen LogP contribution in [0, 0.1) is 5.41 Å². The van der Waals surface area contributed by atoms with Gasteiger partial charge in [-0.25, -0.2) is 0 Å². The molecular weight excluding hydrogens is 275 g/mol. The summed E-state index contributed by atoms with van der Waals surface area (Å²) in [7, 11) is 0. The Kier molecular flexibility index (Phi) is 4.77. The van der Waals surface area contributed by atoms with Crippen molar-refractivity contribution in [3.63, 3.8) is 0 Å². The van der Waals surface area contributed by atoms with Crippen LogP contribution in [0.2, 0.25) is 10.0 Å². The molecule has 0 heterocycles. The van der Waals surface area contributed by atoms with Crippen molar-refractivity contribution >= 4 is 35.0 Å². The van der Waals surface area contributed by atoms with E-state index in [2.05, 4.69) is 0 Å². The highest BCUT2D eigenvalue weighted by atomic mass is 35.5. The van der Waals surface area contributed by atoms with Gasteiger partial charge in [0.2, 0.25) is 0 Å². The van der Waals surface area contributed by atoms with Crippen molar-refractivity contribution in [1.29, 1.82) is 0 Å². The molecule has 0 bridgehead atoms. The molecule has 98 valence electrons. The molecule has 3 nitrogen and oxygen atoms in total. The summed E-state index contributed by atoms with van der Waals surface area (Å²) >= 11 is 11.6. The molecule has 1 rings (SSSR count). The SMILES string of the molecule is CCOC(=O)C(C)(C)C(=O)c1ccc(Cl)c(Cl)c1. The first-order valence-electron chi connectivity index (χ1n) is 5.47. The zero-order chi connectivity index (χ0) is 13.9. The second-order valence-corrected chi connectivity index (χ2v) is 5.12. The minimum Gasteiger partial charge on any atom is -0.465 e. The van der Waals surface area contributed by atoms with Crippen molar-refractivity contribution in [2.45, 2.75) is 20.8 Å². The van der Waals surface area contributed by atoms with Crippen LogP contribution in [0.25, 0.3) is 0 Å². The number of ketones is 1. The summed E-state index contributed by atoms with van der Waals surface area (Å²) in [5.74, 6) is -0.902. The molecule has 0 aliphatic rings. The first-order chi connectivity index (χ1) is 8.30. The highest BCUT2D eigenvalue weighted by Crippen LogP contribution is 2.28. The fourth-order valence-corrected chi connectivity index (χ4v) is 1.70. The van der Waals surface area contributed by atoms with E-state index in [9.17, 15) is 9.59 Å². The predicted octanol–water partition coefficient (Wildman–Crippen LogP) is 3.77. The number of carbonyl (C=O) groups is 2. The van der Waals surface area contributed by atoms with Gasteiger partial charge in [0.1, 0.15) is 5.41 Å². The van der Waals surface area contributed by atoms with Gasteiger partial charge in [0, 0.05) is 5.56 Å². The van der Waals surface area contributed by atoms with E-state index in [1.54, 1.807) is 6.92 Å². The summed E-state index contributed by atoms with van der Waals surface area (Å²) in [5.41, 5.74) is -0.907. The van der Waals surface area contributed by atoms with E-state index < -0.39 is 11.4 Å². The largest absolute Gasteiger partial charge is 0.465 e. The van der Waals surface area contributed by atoms with Crippen molar-refractivity contribution in [3.8, 4) is 0 Å². The first kappa shape index (κ1) is 15.0. The molecule has 0 fully saturated rings. The van der Waals surface area contributed by atoms with E-state index in [0.717, 1.165) is 0 Å². The molecule has 0 spiro atoms. The molecule has 18 heavy (non-hydrogen) atoms. The number of hydrogen-bond acceptors (Lipinski definition) is 3. The molecule has 1 aromatic carbocycles. The van der Waals surface area contributed by atoms with Gasteiger partial charge in [-0.2, -0.15) is 0 Å². The van der Waals surface area contributed by atoms with E-state index in [4.69, 9.17) is 27.9 Å². The molecule has 0 amide bonds. The Morgan fingerprint density at radius 2 is 1.83 bits per heavy atom. The van der Waals surface area contributed by atoms with Gasteiger partial charge < -0.3 is 4.74 Å². The summed E-state index contributed by atoms with van der Waals surface area (Å²) in [6, 6.07) is 4.52. The molecular formula is C13H14Cl2O3. The third kappa shape index (κ3) is 3.03. The topological polar surface area (TPSA) is 43.4 Å². The molecule has 0 aromatic heterocycles. The van der Waals surface area contributed by atoms with E-state index >= 15 is 0 Å². The predicted molar refractivity (Wildman–Crippen MR) is 71.2 cm³/mol. The molecule has 5 heteroatoms. The van der Waals surface area contributed by atoms with Crippen molar-refractivity contribution in [2.24, 2.45) is 5.41 Å². The molecule has 0 radical (unpaired) electrons. The third-order valence-electron chi connectivity index (χ3n) is 2.54. The van der Waals surface area contributed by atoms with Crippen LogP contribution in [0.15, 0.2) is 18.2 Å². The average Bonchev–Trinajstić information content (AvgIpc) is 2.32. The number of esters is 1. The molecule has 0 aliphatic carbocycles. The van der Waals surface area contributed by atoms with Crippen LogP contribution in [0.5, 0.6) is 0 Å². The van der Waals surface area contributed by atoms with Crippen molar-refractivity contribution in [1.82, 2.24) is 0 Å². The number of halogens is 2. The Labute approximate surface area is 116 Å². The van der Waals surface area contributed by atoms with Crippen molar-refractivity contribution in [2.75, 3.05) is 6.61 Å². The number of ether oxygens (including phenoxy) is 1. The third-order valence-corrected chi connectivity index (χ3v) is 3.27. The highest BCUT2D eigenvalue weighted by molar-refractivity contribution is 6.42. The summed E-state index contributed by atoms with van der Waals surface area (Å²) in [6.07, 6.45) is 0. The Hall–Kier alpha value is -1.06. The van der Waals surface area contributed by atoms with Gasteiger partial charge in [-0.15, -0.1) is 0 Å². The van der Waals surface area contributed by atoms with Gasteiger partial charge in [-0.05, 0) is 39.0 Å². The minimum absolute atomic E-state index is 0.233. The van der Waals surface area contributed by atoms with E-state index in [1.807, 2.05) is 0 Å². The van der Waals surface area contributed by atoms with Gasteiger partial charge in [-0.3, -0.25) is 9.59 Å². The quantitative estimate of drug-likeness (QED) is 0.481. The zero-order valence-electron chi connectivity index (χ0n) is 10.4. The zero-order valence-corrected chi connectivity index (χ0v) is 11.9. The lowest BCUT2D eigenvalue weighted by Gasteiger charge is -2.20. The lowest BCUT2D eigenvalue weighted by Crippen LogP contribution is -2.35. The lowest BCUT2D eigenvalue weighted by atomic mass is 9.84. The van der Waals surface area contributed by atoms with Crippen LogP contribution in [0.4, 0.5) is 0 Å². The summed E-state index contributed by atoms with van der Waals surface area (Å²) in [5, 5.41) is 0.643. The van der Waals surface area contributed by atoms with Crippen LogP contribution in [0.1, 0.15) is 31.1 Å². The Balaban J connectivity index is 3.05. The highest BCUT2D eigenvalue weighted by Gasteiger charge is 2.38. The Bertz CT molecular complexity index is 481. The maximum atomic E-state index is 12.2. The van der Waals surface area contributed by atoms with Gasteiger partial charge in [-0.1, -0.05) is 23.2 Å². The fourth-order valence-electron chi connectivity index (χ4n) is 1.40. The number of hydrogen-bond donors (Lipinski definition) is 0. The second kappa shape index (κ2) is 5.72. The number of rotatable bonds is 4. The maximum absolute atomic E-state index is 12.2. The standard InChI is InChI=1S/C13H14Cl2O3/c1-4-18-12(17)13(2,3)11(16)8-5-6-9(14)10(15)7-8/h5-7H,4H2,1-3H3. The molecule has 1 aromatic rings. The number of benzene rings is 1. The van der Waals surface area contributed by atoms with Crippen LogP contribution >= 0.6 is 23.2 Å². The average molecular weight is 289 g/mol. The van der Waals surface area contributed by atoms with Crippen LogP contribution in [0.3, 0.4) is 0 Å². The Morgan fingerprint density at radius 3 is 2.33 bits per heavy atom. The van der Waals surface area contributed by atoms with Crippen LogP contribution < -0.4 is 0 Å². The summed E-state index contributed by atoms with van der Waals surface area (Å²) < 4.78 is 4.88. The van der Waals surface area contributed by atoms with Gasteiger partial charge >= 0.3 is 5.97 Å². The van der Waals surface area contributed by atoms with E-state index in [-0.39, 0.29) is 17.4 Å². The normalized spacial score (nSPS) is 11.2. The van der Waals surface area contributed by atoms with Gasteiger partial charge in [0.15, 0.2) is 5.78 Å². The summed E-state index contributed by atoms with van der Waals surface area (Å²) in [4.78, 5) is 24.0. The molecule has 0 N–H and O–H groups in total.